The van der Waals surface area contributed by atoms with Crippen LogP contribution in [-0.2, 0) is 4.79 Å². The molecule has 0 spiro atoms. The zero-order valence-electron chi connectivity index (χ0n) is 18.8. The van der Waals surface area contributed by atoms with Crippen molar-refractivity contribution < 1.29 is 9.59 Å². The van der Waals surface area contributed by atoms with E-state index >= 15 is 0 Å². The number of urea groups is 1. The molecule has 4 aliphatic carbocycles. The molecule has 6 heteroatoms. The number of benzene rings is 1. The van der Waals surface area contributed by atoms with Gasteiger partial charge in [0.2, 0.25) is 0 Å². The second-order valence-corrected chi connectivity index (χ2v) is 10.2. The molecule has 1 atom stereocenters. The van der Waals surface area contributed by atoms with E-state index in [9.17, 15) is 9.59 Å². The molecule has 33 heavy (non-hydrogen) atoms. The first-order valence-corrected chi connectivity index (χ1v) is 12.2. The van der Waals surface area contributed by atoms with Crippen molar-refractivity contribution in [3.63, 3.8) is 0 Å². The lowest BCUT2D eigenvalue weighted by Gasteiger charge is -2.53. The van der Waals surface area contributed by atoms with Crippen LogP contribution in [0.3, 0.4) is 0 Å². The molecule has 5 aliphatic rings. The van der Waals surface area contributed by atoms with Crippen LogP contribution >= 0.6 is 0 Å². The third kappa shape index (κ3) is 3.43. The highest BCUT2D eigenvalue weighted by molar-refractivity contribution is 5.87. The fourth-order valence-electron chi connectivity index (χ4n) is 6.43. The number of carbonyl (C=O) groups excluding carboxylic acids is 2. The minimum Gasteiger partial charge on any atom is -0.332 e. The Morgan fingerprint density at radius 1 is 1.06 bits per heavy atom. The van der Waals surface area contributed by atoms with Crippen LogP contribution in [0.5, 0.6) is 0 Å². The molecular formula is C27H30N4O2. The van der Waals surface area contributed by atoms with E-state index in [1.807, 2.05) is 24.7 Å². The van der Waals surface area contributed by atoms with Gasteiger partial charge in [-0.1, -0.05) is 36.4 Å². The zero-order valence-corrected chi connectivity index (χ0v) is 18.8. The Morgan fingerprint density at radius 3 is 2.61 bits per heavy atom. The molecule has 1 aromatic heterocycles. The maximum Gasteiger partial charge on any atom is 0.319 e. The highest BCUT2D eigenvalue weighted by Crippen LogP contribution is 2.54. The summed E-state index contributed by atoms with van der Waals surface area (Å²) in [7, 11) is 0. The number of ketones is 1. The first-order chi connectivity index (χ1) is 16.1. The molecule has 0 radical (unpaired) electrons. The number of Topliss-reactive ketones (excluding diaryl/α,β-unsaturated/α-hetero) is 1. The molecule has 3 saturated carbocycles. The molecule has 3 fully saturated rings. The van der Waals surface area contributed by atoms with Crippen molar-refractivity contribution in [1.82, 2.24) is 20.2 Å². The Balaban J connectivity index is 1.12. The lowest BCUT2D eigenvalue weighted by atomic mass is 9.55. The highest BCUT2D eigenvalue weighted by atomic mass is 16.2. The standard InChI is InChI=1S/C27H30N4O2/c32-24(16-22-20-8-4-5-9-21(20)23-17-28-18-31(22)23)26-10-13-27(14-11-26,15-12-26)30-25(33)29-19-6-2-1-3-7-19/h2,4-9,17-18,22H,1,3,10-16H2,(H2,29,30,33). The summed E-state index contributed by atoms with van der Waals surface area (Å²) in [6.45, 7) is 0. The molecule has 2 heterocycles. The van der Waals surface area contributed by atoms with E-state index in [4.69, 9.17) is 0 Å². The SMILES string of the molecule is O=C(NC1=CCCC=C1)NC12CCC(C(=O)CC3c4ccccc4-c4cncn43)(CC1)CC2. The smallest absolute Gasteiger partial charge is 0.319 e. The van der Waals surface area contributed by atoms with Gasteiger partial charge in [0, 0.05) is 28.6 Å². The first-order valence-electron chi connectivity index (χ1n) is 12.2. The van der Waals surface area contributed by atoms with E-state index < -0.39 is 0 Å². The second-order valence-electron chi connectivity index (χ2n) is 10.2. The molecule has 1 aliphatic heterocycles. The molecule has 6 nitrogen and oxygen atoms in total. The Labute approximate surface area is 194 Å². The van der Waals surface area contributed by atoms with Crippen LogP contribution in [0, 0.1) is 5.41 Å². The fraction of sp³-hybridized carbons (Fsp3) is 0.444. The second kappa shape index (κ2) is 7.72. The summed E-state index contributed by atoms with van der Waals surface area (Å²) < 4.78 is 2.16. The van der Waals surface area contributed by atoms with Crippen molar-refractivity contribution in [1.29, 1.82) is 0 Å². The average Bonchev–Trinajstić information content (AvgIpc) is 3.43. The Bertz CT molecular complexity index is 1150. The van der Waals surface area contributed by atoms with Crippen LogP contribution in [0.4, 0.5) is 4.79 Å². The van der Waals surface area contributed by atoms with Gasteiger partial charge in [-0.15, -0.1) is 0 Å². The van der Waals surface area contributed by atoms with Crippen molar-refractivity contribution in [3.05, 3.63) is 66.3 Å². The number of imidazole rings is 1. The molecular weight excluding hydrogens is 412 g/mol. The van der Waals surface area contributed by atoms with Crippen LogP contribution in [-0.4, -0.2) is 26.9 Å². The lowest BCUT2D eigenvalue weighted by molar-refractivity contribution is -0.136. The quantitative estimate of drug-likeness (QED) is 0.681. The monoisotopic (exact) mass is 442 g/mol. The Hall–Kier alpha value is -3.15. The number of amides is 2. The lowest BCUT2D eigenvalue weighted by Crippen LogP contribution is -2.59. The number of nitrogens with one attached hydrogen (secondary N) is 2. The van der Waals surface area contributed by atoms with Crippen molar-refractivity contribution in [2.24, 2.45) is 5.41 Å². The molecule has 7 rings (SSSR count). The summed E-state index contributed by atoms with van der Waals surface area (Å²) in [6.07, 6.45) is 17.6. The molecule has 1 unspecified atom stereocenters. The average molecular weight is 443 g/mol. The third-order valence-corrected chi connectivity index (χ3v) is 8.45. The number of hydrogen-bond acceptors (Lipinski definition) is 3. The summed E-state index contributed by atoms with van der Waals surface area (Å²) in [5.41, 5.74) is 3.97. The molecule has 2 aromatic rings. The first kappa shape index (κ1) is 20.5. The molecule has 0 saturated heterocycles. The normalized spacial score (nSPS) is 29.2. The highest BCUT2D eigenvalue weighted by Gasteiger charge is 2.53. The summed E-state index contributed by atoms with van der Waals surface area (Å²) in [4.78, 5) is 30.7. The largest absolute Gasteiger partial charge is 0.332 e. The van der Waals surface area contributed by atoms with Gasteiger partial charge in [-0.25, -0.2) is 9.78 Å². The topological polar surface area (TPSA) is 76.0 Å². The van der Waals surface area contributed by atoms with Crippen molar-refractivity contribution in [2.75, 3.05) is 0 Å². The molecule has 2 N–H and O–H groups in total. The van der Waals surface area contributed by atoms with Gasteiger partial charge in [0.15, 0.2) is 0 Å². The van der Waals surface area contributed by atoms with Gasteiger partial charge in [0.1, 0.15) is 5.78 Å². The van der Waals surface area contributed by atoms with Gasteiger partial charge in [-0.3, -0.25) is 4.79 Å². The maximum absolute atomic E-state index is 13.7. The van der Waals surface area contributed by atoms with Crippen LogP contribution in [0.25, 0.3) is 11.3 Å². The van der Waals surface area contributed by atoms with E-state index in [0.29, 0.717) is 12.2 Å². The number of rotatable bonds is 5. The van der Waals surface area contributed by atoms with Crippen molar-refractivity contribution in [3.8, 4) is 11.3 Å². The summed E-state index contributed by atoms with van der Waals surface area (Å²) in [6, 6.07) is 8.28. The van der Waals surface area contributed by atoms with Crippen LogP contribution in [0.1, 0.15) is 69.4 Å². The summed E-state index contributed by atoms with van der Waals surface area (Å²) in [5, 5.41) is 6.26. The Morgan fingerprint density at radius 2 is 1.85 bits per heavy atom. The van der Waals surface area contributed by atoms with Crippen LogP contribution in [0.2, 0.25) is 0 Å². The predicted molar refractivity (Wildman–Crippen MR) is 126 cm³/mol. The number of aromatic nitrogens is 2. The minimum atomic E-state index is -0.243. The van der Waals surface area contributed by atoms with Crippen molar-refractivity contribution in [2.45, 2.75) is 69.4 Å². The number of allylic oxidation sites excluding steroid dienone is 3. The fourth-order valence-corrected chi connectivity index (χ4v) is 6.43. The number of nitrogens with zero attached hydrogens (tertiary/aromatic N) is 2. The van der Waals surface area contributed by atoms with E-state index in [2.05, 4.69) is 50.5 Å². The van der Waals surface area contributed by atoms with Gasteiger partial charge < -0.3 is 15.2 Å². The van der Waals surface area contributed by atoms with Gasteiger partial charge in [-0.05, 0) is 63.0 Å². The molecule has 1 aromatic carbocycles. The van der Waals surface area contributed by atoms with Crippen LogP contribution in [0.15, 0.2) is 60.7 Å². The van der Waals surface area contributed by atoms with E-state index in [0.717, 1.165) is 62.8 Å². The molecule has 2 bridgehead atoms. The van der Waals surface area contributed by atoms with Gasteiger partial charge in [-0.2, -0.15) is 0 Å². The third-order valence-electron chi connectivity index (χ3n) is 8.45. The number of carbonyl (C=O) groups is 2. The van der Waals surface area contributed by atoms with Crippen molar-refractivity contribution >= 4 is 11.8 Å². The maximum atomic E-state index is 13.7. The van der Waals surface area contributed by atoms with E-state index in [-0.39, 0.29) is 23.0 Å². The summed E-state index contributed by atoms with van der Waals surface area (Å²) in [5.74, 6) is 0.374. The van der Waals surface area contributed by atoms with Crippen LogP contribution < -0.4 is 10.6 Å². The predicted octanol–water partition coefficient (Wildman–Crippen LogP) is 5.04. The van der Waals surface area contributed by atoms with Gasteiger partial charge in [0.05, 0.1) is 24.3 Å². The molecule has 170 valence electrons. The van der Waals surface area contributed by atoms with E-state index in [1.54, 1.807) is 0 Å². The molecule has 2 amide bonds. The number of fused-ring (bicyclic) bond motifs is 6. The van der Waals surface area contributed by atoms with Gasteiger partial charge in [0.25, 0.3) is 0 Å². The Kier molecular flexibility index (Phi) is 4.78. The van der Waals surface area contributed by atoms with Gasteiger partial charge >= 0.3 is 6.03 Å². The van der Waals surface area contributed by atoms with E-state index in [1.165, 1.54) is 11.1 Å². The number of hydrogen-bond donors (Lipinski definition) is 2. The zero-order chi connectivity index (χ0) is 22.5. The minimum absolute atomic E-state index is 0.0370. The summed E-state index contributed by atoms with van der Waals surface area (Å²) >= 11 is 0.